The van der Waals surface area contributed by atoms with Crippen molar-refractivity contribution in [2.24, 2.45) is 11.7 Å². The van der Waals surface area contributed by atoms with E-state index in [0.29, 0.717) is 13.1 Å². The minimum absolute atomic E-state index is 0. The van der Waals surface area contributed by atoms with E-state index in [9.17, 15) is 9.18 Å². The highest BCUT2D eigenvalue weighted by Gasteiger charge is 2.28. The van der Waals surface area contributed by atoms with E-state index >= 15 is 0 Å². The first-order chi connectivity index (χ1) is 10.4. The zero-order chi connectivity index (χ0) is 16.3. The molecule has 6 heteroatoms. The summed E-state index contributed by atoms with van der Waals surface area (Å²) in [4.78, 5) is 16.4. The molecule has 1 heterocycles. The van der Waals surface area contributed by atoms with Crippen LogP contribution in [0.4, 0.5) is 4.39 Å². The number of amides is 1. The SMILES string of the molecule is CC(C)[C@H](N)C(=O)N1CCN(C(C)c2cccc(F)c2)CC1.Cl. The molecule has 23 heavy (non-hydrogen) atoms. The van der Waals surface area contributed by atoms with Crippen molar-refractivity contribution in [2.75, 3.05) is 26.2 Å². The molecule has 1 aliphatic rings. The Morgan fingerprint density at radius 3 is 2.30 bits per heavy atom. The van der Waals surface area contributed by atoms with E-state index in [2.05, 4.69) is 11.8 Å². The largest absolute Gasteiger partial charge is 0.339 e. The molecule has 0 spiro atoms. The summed E-state index contributed by atoms with van der Waals surface area (Å²) in [5.41, 5.74) is 6.92. The molecule has 2 atom stereocenters. The third-order valence-corrected chi connectivity index (χ3v) is 4.51. The first-order valence-corrected chi connectivity index (χ1v) is 7.94. The van der Waals surface area contributed by atoms with Crippen LogP contribution in [0.1, 0.15) is 32.4 Å². The molecule has 1 aliphatic heterocycles. The van der Waals surface area contributed by atoms with Crippen LogP contribution < -0.4 is 5.73 Å². The maximum Gasteiger partial charge on any atom is 0.239 e. The van der Waals surface area contributed by atoms with Gasteiger partial charge in [-0.15, -0.1) is 12.4 Å². The van der Waals surface area contributed by atoms with Crippen molar-refractivity contribution in [2.45, 2.75) is 32.9 Å². The van der Waals surface area contributed by atoms with Gasteiger partial charge in [0.25, 0.3) is 0 Å². The lowest BCUT2D eigenvalue weighted by Crippen LogP contribution is -2.54. The maximum atomic E-state index is 13.3. The Labute approximate surface area is 144 Å². The topological polar surface area (TPSA) is 49.6 Å². The number of hydrogen-bond donors (Lipinski definition) is 1. The van der Waals surface area contributed by atoms with Crippen LogP contribution in [-0.2, 0) is 4.79 Å². The lowest BCUT2D eigenvalue weighted by Gasteiger charge is -2.39. The van der Waals surface area contributed by atoms with Crippen LogP contribution in [0.3, 0.4) is 0 Å². The zero-order valence-electron chi connectivity index (χ0n) is 14.0. The highest BCUT2D eigenvalue weighted by molar-refractivity contribution is 5.85. The van der Waals surface area contributed by atoms with Gasteiger partial charge in [-0.05, 0) is 30.5 Å². The van der Waals surface area contributed by atoms with Crippen molar-refractivity contribution >= 4 is 18.3 Å². The van der Waals surface area contributed by atoms with E-state index in [-0.39, 0.29) is 36.1 Å². The van der Waals surface area contributed by atoms with E-state index in [1.54, 1.807) is 12.1 Å². The molecular weight excluding hydrogens is 317 g/mol. The Bertz CT molecular complexity index is 518. The molecule has 1 fully saturated rings. The summed E-state index contributed by atoms with van der Waals surface area (Å²) >= 11 is 0. The van der Waals surface area contributed by atoms with E-state index in [4.69, 9.17) is 5.73 Å². The van der Waals surface area contributed by atoms with Gasteiger partial charge in [-0.1, -0.05) is 26.0 Å². The van der Waals surface area contributed by atoms with Crippen LogP contribution in [0.2, 0.25) is 0 Å². The fourth-order valence-corrected chi connectivity index (χ4v) is 2.80. The number of hydrogen-bond acceptors (Lipinski definition) is 3. The summed E-state index contributed by atoms with van der Waals surface area (Å²) in [6.07, 6.45) is 0. The van der Waals surface area contributed by atoms with Gasteiger partial charge in [-0.3, -0.25) is 9.69 Å². The summed E-state index contributed by atoms with van der Waals surface area (Å²) in [5, 5.41) is 0. The second kappa shape index (κ2) is 8.62. The summed E-state index contributed by atoms with van der Waals surface area (Å²) in [5.74, 6) is -0.0223. The van der Waals surface area contributed by atoms with Crippen LogP contribution in [0.15, 0.2) is 24.3 Å². The molecule has 1 saturated heterocycles. The van der Waals surface area contributed by atoms with E-state index < -0.39 is 6.04 Å². The Morgan fingerprint density at radius 1 is 1.17 bits per heavy atom. The molecule has 1 amide bonds. The summed E-state index contributed by atoms with van der Waals surface area (Å²) < 4.78 is 13.3. The van der Waals surface area contributed by atoms with Gasteiger partial charge < -0.3 is 10.6 Å². The second-order valence-corrected chi connectivity index (χ2v) is 6.36. The molecule has 4 nitrogen and oxygen atoms in total. The van der Waals surface area contributed by atoms with Crippen LogP contribution >= 0.6 is 12.4 Å². The molecule has 1 unspecified atom stereocenters. The number of rotatable bonds is 4. The molecule has 0 aliphatic carbocycles. The molecule has 1 aromatic rings. The first-order valence-electron chi connectivity index (χ1n) is 7.94. The maximum absolute atomic E-state index is 13.3. The van der Waals surface area contributed by atoms with Crippen molar-refractivity contribution in [3.8, 4) is 0 Å². The Hall–Kier alpha value is -1.17. The van der Waals surface area contributed by atoms with Gasteiger partial charge in [0, 0.05) is 32.2 Å². The summed E-state index contributed by atoms with van der Waals surface area (Å²) in [6.45, 7) is 8.93. The number of carbonyl (C=O) groups is 1. The second-order valence-electron chi connectivity index (χ2n) is 6.36. The Morgan fingerprint density at radius 2 is 1.78 bits per heavy atom. The summed E-state index contributed by atoms with van der Waals surface area (Å²) in [7, 11) is 0. The summed E-state index contributed by atoms with van der Waals surface area (Å²) in [6, 6.07) is 6.44. The monoisotopic (exact) mass is 343 g/mol. The number of nitrogens with zero attached hydrogens (tertiary/aromatic N) is 2. The van der Waals surface area contributed by atoms with Crippen LogP contribution in [-0.4, -0.2) is 47.9 Å². The van der Waals surface area contributed by atoms with Crippen molar-refractivity contribution in [3.63, 3.8) is 0 Å². The van der Waals surface area contributed by atoms with Crippen LogP contribution in [0, 0.1) is 11.7 Å². The van der Waals surface area contributed by atoms with Gasteiger partial charge in [-0.25, -0.2) is 4.39 Å². The van der Waals surface area contributed by atoms with Crippen molar-refractivity contribution in [1.82, 2.24) is 9.80 Å². The molecule has 0 bridgehead atoms. The lowest BCUT2D eigenvalue weighted by atomic mass is 10.0. The first kappa shape index (κ1) is 19.9. The number of benzene rings is 1. The minimum atomic E-state index is -0.424. The third kappa shape index (κ3) is 4.90. The van der Waals surface area contributed by atoms with Crippen molar-refractivity contribution in [3.05, 3.63) is 35.6 Å². The fourth-order valence-electron chi connectivity index (χ4n) is 2.80. The molecule has 0 aromatic heterocycles. The molecule has 130 valence electrons. The van der Waals surface area contributed by atoms with Gasteiger partial charge in [0.15, 0.2) is 0 Å². The lowest BCUT2D eigenvalue weighted by molar-refractivity contribution is -0.135. The number of piperazine rings is 1. The highest BCUT2D eigenvalue weighted by atomic mass is 35.5. The van der Waals surface area contributed by atoms with Gasteiger partial charge in [0.1, 0.15) is 5.82 Å². The fraction of sp³-hybridized carbons (Fsp3) is 0.588. The van der Waals surface area contributed by atoms with E-state index in [1.165, 1.54) is 6.07 Å². The number of halogens is 2. The normalized spacial score (nSPS) is 18.4. The molecule has 2 rings (SSSR count). The van der Waals surface area contributed by atoms with Crippen molar-refractivity contribution in [1.29, 1.82) is 0 Å². The standard InChI is InChI=1S/C17H26FN3O.ClH/c1-12(2)16(19)17(22)21-9-7-20(8-10-21)13(3)14-5-4-6-15(18)11-14;/h4-6,11-13,16H,7-10,19H2,1-3H3;1H/t13?,16-;/m0./s1. The molecule has 2 N–H and O–H groups in total. The van der Waals surface area contributed by atoms with Gasteiger partial charge in [0.05, 0.1) is 6.04 Å². The van der Waals surface area contributed by atoms with Gasteiger partial charge in [0.2, 0.25) is 5.91 Å². The van der Waals surface area contributed by atoms with Gasteiger partial charge in [-0.2, -0.15) is 0 Å². The highest BCUT2D eigenvalue weighted by Crippen LogP contribution is 2.22. The van der Waals surface area contributed by atoms with Crippen LogP contribution in [0.5, 0.6) is 0 Å². The van der Waals surface area contributed by atoms with Gasteiger partial charge >= 0.3 is 0 Å². The number of nitrogens with two attached hydrogens (primary N) is 1. The van der Waals surface area contributed by atoms with Crippen molar-refractivity contribution < 1.29 is 9.18 Å². The predicted octanol–water partition coefficient (Wildman–Crippen LogP) is 2.44. The van der Waals surface area contributed by atoms with E-state index in [1.807, 2.05) is 24.8 Å². The molecule has 0 saturated carbocycles. The average molecular weight is 344 g/mol. The predicted molar refractivity (Wildman–Crippen MR) is 93.0 cm³/mol. The van der Waals surface area contributed by atoms with E-state index in [0.717, 1.165) is 18.7 Å². The molecule has 1 aromatic carbocycles. The Balaban J connectivity index is 0.00000264. The minimum Gasteiger partial charge on any atom is -0.339 e. The molecular formula is C17H27ClFN3O. The number of carbonyl (C=O) groups excluding carboxylic acids is 1. The quantitative estimate of drug-likeness (QED) is 0.913. The zero-order valence-corrected chi connectivity index (χ0v) is 14.9. The average Bonchev–Trinajstić information content (AvgIpc) is 2.52. The molecule has 0 radical (unpaired) electrons. The Kier molecular flexibility index (Phi) is 7.45. The third-order valence-electron chi connectivity index (χ3n) is 4.51. The van der Waals surface area contributed by atoms with Crippen LogP contribution in [0.25, 0.3) is 0 Å². The smallest absolute Gasteiger partial charge is 0.239 e.